The molecule has 0 amide bonds. The SMILES string of the molecule is CC(Oc1ccc2[nH]nc(-c3nc4cc(N5C[C@@H](C)N[C@@H](C)C5)ccc4[nH]3)c2c1)c1c(Cl)cncc1Cl. The average molecular weight is 536 g/mol. The first kappa shape index (κ1) is 24.0. The van der Waals surface area contributed by atoms with Crippen molar-refractivity contribution in [3.8, 4) is 17.3 Å². The second kappa shape index (κ2) is 9.52. The Morgan fingerprint density at radius 3 is 2.49 bits per heavy atom. The standard InChI is InChI=1S/C27H27Cl2N7O/c1-14-12-36(13-15(2)31-14)17-4-6-23-24(8-17)33-27(32-23)26-19-9-18(5-7-22(19)34-35-26)37-16(3)25-20(28)10-30-11-21(25)29/h4-11,14-16,31H,12-13H2,1-3H3,(H,32,33)(H,34,35)/t14-,15+,16?. The maximum atomic E-state index is 6.33. The summed E-state index contributed by atoms with van der Waals surface area (Å²) in [7, 11) is 0. The van der Waals surface area contributed by atoms with Crippen LogP contribution in [0.25, 0.3) is 33.5 Å². The molecule has 10 heteroatoms. The Hall–Kier alpha value is -3.33. The van der Waals surface area contributed by atoms with Crippen LogP contribution in [-0.4, -0.2) is 50.3 Å². The number of halogens is 2. The van der Waals surface area contributed by atoms with Crippen LogP contribution in [0.15, 0.2) is 48.8 Å². The molecule has 0 radical (unpaired) electrons. The molecule has 0 saturated carbocycles. The number of nitrogens with zero attached hydrogens (tertiary/aromatic N) is 4. The Morgan fingerprint density at radius 2 is 1.73 bits per heavy atom. The topological polar surface area (TPSA) is 94.7 Å². The molecule has 6 rings (SSSR count). The largest absolute Gasteiger partial charge is 0.486 e. The fraction of sp³-hybridized carbons (Fsp3) is 0.296. The molecule has 3 atom stereocenters. The molecule has 1 aliphatic heterocycles. The number of pyridine rings is 1. The van der Waals surface area contributed by atoms with Gasteiger partial charge in [0.2, 0.25) is 0 Å². The van der Waals surface area contributed by atoms with Gasteiger partial charge < -0.3 is 19.9 Å². The number of rotatable bonds is 5. The molecule has 8 nitrogen and oxygen atoms in total. The first-order valence-electron chi connectivity index (χ1n) is 12.3. The van der Waals surface area contributed by atoms with E-state index in [0.29, 0.717) is 39.3 Å². The van der Waals surface area contributed by atoms with Gasteiger partial charge in [0.05, 0.1) is 26.6 Å². The molecule has 3 aromatic heterocycles. The third-order valence-corrected chi connectivity index (χ3v) is 7.36. The highest BCUT2D eigenvalue weighted by atomic mass is 35.5. The Labute approximate surface area is 224 Å². The van der Waals surface area contributed by atoms with Crippen LogP contribution in [0.2, 0.25) is 10.0 Å². The van der Waals surface area contributed by atoms with Gasteiger partial charge in [-0.1, -0.05) is 23.2 Å². The molecule has 37 heavy (non-hydrogen) atoms. The Morgan fingerprint density at radius 1 is 1.00 bits per heavy atom. The summed E-state index contributed by atoms with van der Waals surface area (Å²) < 4.78 is 6.21. The van der Waals surface area contributed by atoms with E-state index in [1.165, 1.54) is 5.69 Å². The highest BCUT2D eigenvalue weighted by Crippen LogP contribution is 2.35. The van der Waals surface area contributed by atoms with Gasteiger partial charge in [-0.15, -0.1) is 0 Å². The molecular weight excluding hydrogens is 509 g/mol. The molecule has 1 fully saturated rings. The zero-order chi connectivity index (χ0) is 25.7. The number of nitrogens with one attached hydrogen (secondary N) is 3. The van der Waals surface area contributed by atoms with Crippen molar-refractivity contribution in [1.29, 1.82) is 0 Å². The van der Waals surface area contributed by atoms with Gasteiger partial charge in [-0.3, -0.25) is 10.1 Å². The van der Waals surface area contributed by atoms with Crippen molar-refractivity contribution >= 4 is 50.8 Å². The van der Waals surface area contributed by atoms with E-state index >= 15 is 0 Å². The van der Waals surface area contributed by atoms with E-state index in [1.807, 2.05) is 25.1 Å². The van der Waals surface area contributed by atoms with Crippen LogP contribution in [0.1, 0.15) is 32.4 Å². The van der Waals surface area contributed by atoms with Crippen LogP contribution >= 0.6 is 23.2 Å². The lowest BCUT2D eigenvalue weighted by atomic mass is 10.1. The van der Waals surface area contributed by atoms with Gasteiger partial charge in [-0.2, -0.15) is 5.10 Å². The van der Waals surface area contributed by atoms with Gasteiger partial charge in [-0.05, 0) is 57.2 Å². The van der Waals surface area contributed by atoms with E-state index < -0.39 is 0 Å². The minimum Gasteiger partial charge on any atom is -0.486 e. The van der Waals surface area contributed by atoms with E-state index in [4.69, 9.17) is 32.9 Å². The van der Waals surface area contributed by atoms with E-state index in [2.05, 4.69) is 62.4 Å². The lowest BCUT2D eigenvalue weighted by Crippen LogP contribution is -2.54. The van der Waals surface area contributed by atoms with Crippen molar-refractivity contribution in [1.82, 2.24) is 30.5 Å². The third kappa shape index (κ3) is 4.61. The lowest BCUT2D eigenvalue weighted by Gasteiger charge is -2.37. The van der Waals surface area contributed by atoms with E-state index in [9.17, 15) is 0 Å². The molecule has 4 heterocycles. The predicted octanol–water partition coefficient (Wildman–Crippen LogP) is 6.13. The van der Waals surface area contributed by atoms with Crippen LogP contribution in [0.4, 0.5) is 5.69 Å². The van der Waals surface area contributed by atoms with Crippen LogP contribution in [-0.2, 0) is 0 Å². The highest BCUT2D eigenvalue weighted by Gasteiger charge is 2.22. The van der Waals surface area contributed by atoms with Gasteiger partial charge in [0, 0.05) is 54.2 Å². The van der Waals surface area contributed by atoms with Crippen LogP contribution in [0.5, 0.6) is 5.75 Å². The summed E-state index contributed by atoms with van der Waals surface area (Å²) in [4.78, 5) is 14.8. The quantitative estimate of drug-likeness (QED) is 0.250. The molecule has 5 aromatic rings. The number of benzene rings is 2. The molecule has 1 unspecified atom stereocenters. The van der Waals surface area contributed by atoms with E-state index in [0.717, 1.165) is 40.7 Å². The molecule has 0 spiro atoms. The Balaban J connectivity index is 1.31. The van der Waals surface area contributed by atoms with Crippen molar-refractivity contribution in [3.05, 3.63) is 64.4 Å². The third-order valence-electron chi connectivity index (χ3n) is 6.76. The number of fused-ring (bicyclic) bond motifs is 2. The van der Waals surface area contributed by atoms with Crippen LogP contribution in [0.3, 0.4) is 0 Å². The molecule has 1 aliphatic rings. The number of aromatic nitrogens is 5. The van der Waals surface area contributed by atoms with Crippen molar-refractivity contribution in [2.45, 2.75) is 39.0 Å². The fourth-order valence-corrected chi connectivity index (χ4v) is 5.83. The molecule has 0 bridgehead atoms. The molecule has 3 N–H and O–H groups in total. The second-order valence-electron chi connectivity index (χ2n) is 9.72. The first-order valence-corrected chi connectivity index (χ1v) is 13.1. The van der Waals surface area contributed by atoms with Crippen molar-refractivity contribution < 1.29 is 4.74 Å². The summed E-state index contributed by atoms with van der Waals surface area (Å²) in [5, 5.41) is 13.1. The summed E-state index contributed by atoms with van der Waals surface area (Å²) in [6, 6.07) is 13.1. The summed E-state index contributed by atoms with van der Waals surface area (Å²) in [5.74, 6) is 1.37. The highest BCUT2D eigenvalue weighted by molar-refractivity contribution is 6.35. The maximum Gasteiger partial charge on any atom is 0.159 e. The van der Waals surface area contributed by atoms with Gasteiger partial charge in [0.25, 0.3) is 0 Å². The fourth-order valence-electron chi connectivity index (χ4n) is 5.16. The predicted molar refractivity (Wildman–Crippen MR) is 149 cm³/mol. The number of imidazole rings is 1. The number of ether oxygens (including phenoxy) is 1. The van der Waals surface area contributed by atoms with Crippen LogP contribution in [0, 0.1) is 0 Å². The Kier molecular flexibility index (Phi) is 6.18. The maximum absolute atomic E-state index is 6.33. The Bertz CT molecular complexity index is 1570. The van der Waals surface area contributed by atoms with Gasteiger partial charge in [0.15, 0.2) is 5.82 Å². The minimum atomic E-state index is -0.365. The van der Waals surface area contributed by atoms with Crippen molar-refractivity contribution in [2.24, 2.45) is 0 Å². The number of aromatic amines is 2. The molecule has 1 saturated heterocycles. The molecule has 190 valence electrons. The van der Waals surface area contributed by atoms with E-state index in [-0.39, 0.29) is 6.10 Å². The second-order valence-corrected chi connectivity index (χ2v) is 10.5. The lowest BCUT2D eigenvalue weighted by molar-refractivity contribution is 0.227. The smallest absolute Gasteiger partial charge is 0.159 e. The summed E-state index contributed by atoms with van der Waals surface area (Å²) in [6.45, 7) is 8.28. The molecule has 2 aromatic carbocycles. The monoisotopic (exact) mass is 535 g/mol. The summed E-state index contributed by atoms with van der Waals surface area (Å²) in [6.07, 6.45) is 2.77. The average Bonchev–Trinajstić information content (AvgIpc) is 3.46. The van der Waals surface area contributed by atoms with Crippen LogP contribution < -0.4 is 15.0 Å². The van der Waals surface area contributed by atoms with Gasteiger partial charge >= 0.3 is 0 Å². The zero-order valence-corrected chi connectivity index (χ0v) is 22.2. The summed E-state index contributed by atoms with van der Waals surface area (Å²) >= 11 is 12.7. The summed E-state index contributed by atoms with van der Waals surface area (Å²) in [5.41, 5.74) is 5.37. The van der Waals surface area contributed by atoms with Crippen molar-refractivity contribution in [3.63, 3.8) is 0 Å². The normalized spacial score (nSPS) is 19.0. The van der Waals surface area contributed by atoms with Gasteiger partial charge in [0.1, 0.15) is 17.5 Å². The number of hydrogen-bond acceptors (Lipinski definition) is 6. The van der Waals surface area contributed by atoms with E-state index in [1.54, 1.807) is 12.4 Å². The number of anilines is 1. The number of hydrogen-bond donors (Lipinski definition) is 3. The number of H-pyrrole nitrogens is 2. The molecular formula is C27H27Cl2N7O. The minimum absolute atomic E-state index is 0.365. The number of piperazine rings is 1. The van der Waals surface area contributed by atoms with Crippen molar-refractivity contribution in [2.75, 3.05) is 18.0 Å². The first-order chi connectivity index (χ1) is 17.9. The van der Waals surface area contributed by atoms with Gasteiger partial charge in [-0.25, -0.2) is 4.98 Å². The zero-order valence-electron chi connectivity index (χ0n) is 20.7. The molecule has 0 aliphatic carbocycles.